The molecule has 17 heavy (non-hydrogen) atoms. The van der Waals surface area contributed by atoms with Crippen LogP contribution in [0.2, 0.25) is 0 Å². The van der Waals surface area contributed by atoms with Gasteiger partial charge in [0.2, 0.25) is 5.91 Å². The highest BCUT2D eigenvalue weighted by Gasteiger charge is 2.36. The Morgan fingerprint density at radius 3 is 3.06 bits per heavy atom. The maximum absolute atomic E-state index is 11.8. The van der Waals surface area contributed by atoms with E-state index in [1.165, 1.54) is 7.11 Å². The fourth-order valence-electron chi connectivity index (χ4n) is 1.81. The van der Waals surface area contributed by atoms with Gasteiger partial charge in [0.15, 0.2) is 0 Å². The summed E-state index contributed by atoms with van der Waals surface area (Å²) in [6, 6.07) is 3.69. The van der Waals surface area contributed by atoms with E-state index >= 15 is 0 Å². The number of aromatic nitrogens is 1. The molecule has 1 atom stereocenters. The first-order chi connectivity index (χ1) is 8.13. The van der Waals surface area contributed by atoms with Crippen LogP contribution in [0.15, 0.2) is 18.3 Å². The molecule has 5 nitrogen and oxygen atoms in total. The molecule has 2 rings (SSSR count). The number of carbonyl (C=O) groups is 2. The van der Waals surface area contributed by atoms with Crippen LogP contribution in [0.3, 0.4) is 0 Å². The van der Waals surface area contributed by atoms with Crippen molar-refractivity contribution in [3.05, 3.63) is 21.9 Å². The third-order valence-corrected chi connectivity index (χ3v) is 3.50. The van der Waals surface area contributed by atoms with Crippen LogP contribution < -0.4 is 4.90 Å². The molecule has 1 aromatic rings. The molecule has 0 bridgehead atoms. The molecule has 0 N–H and O–H groups in total. The molecule has 0 aliphatic carbocycles. The standard InChI is InChI=1S/C11H11IN2O3/c1-17-11(16)7-5-9(15)14(6-7)10-8(12)3-2-4-13-10/h2-4,7H,5-6H2,1H3. The molecular weight excluding hydrogens is 335 g/mol. The SMILES string of the molecule is COC(=O)C1CC(=O)N(c2ncccc2I)C1. The maximum atomic E-state index is 11.8. The molecule has 0 radical (unpaired) electrons. The Labute approximate surface area is 112 Å². The lowest BCUT2D eigenvalue weighted by Gasteiger charge is -2.16. The smallest absolute Gasteiger partial charge is 0.311 e. The zero-order valence-corrected chi connectivity index (χ0v) is 11.4. The van der Waals surface area contributed by atoms with E-state index < -0.39 is 0 Å². The maximum Gasteiger partial charge on any atom is 0.311 e. The number of methoxy groups -OCH3 is 1. The number of hydrogen-bond donors (Lipinski definition) is 0. The van der Waals surface area contributed by atoms with Crippen molar-refractivity contribution in [2.45, 2.75) is 6.42 Å². The second-order valence-electron chi connectivity index (χ2n) is 3.74. The van der Waals surface area contributed by atoms with Gasteiger partial charge in [-0.2, -0.15) is 0 Å². The van der Waals surface area contributed by atoms with E-state index in [9.17, 15) is 9.59 Å². The van der Waals surface area contributed by atoms with Crippen LogP contribution in [0.1, 0.15) is 6.42 Å². The van der Waals surface area contributed by atoms with Gasteiger partial charge < -0.3 is 4.74 Å². The van der Waals surface area contributed by atoms with Crippen molar-refractivity contribution in [2.24, 2.45) is 5.92 Å². The molecule has 1 saturated heterocycles. The molecule has 0 aromatic carbocycles. The van der Waals surface area contributed by atoms with Crippen LogP contribution >= 0.6 is 22.6 Å². The second-order valence-corrected chi connectivity index (χ2v) is 4.90. The van der Waals surface area contributed by atoms with Gasteiger partial charge in [-0.15, -0.1) is 0 Å². The molecule has 0 saturated carbocycles. The van der Waals surface area contributed by atoms with Gasteiger partial charge in [-0.25, -0.2) is 4.98 Å². The fraction of sp³-hybridized carbons (Fsp3) is 0.364. The largest absolute Gasteiger partial charge is 0.469 e. The summed E-state index contributed by atoms with van der Waals surface area (Å²) in [5, 5.41) is 0. The number of hydrogen-bond acceptors (Lipinski definition) is 4. The van der Waals surface area contributed by atoms with Crippen molar-refractivity contribution in [1.29, 1.82) is 0 Å². The highest BCUT2D eigenvalue weighted by atomic mass is 127. The normalized spacial score (nSPS) is 19.5. The van der Waals surface area contributed by atoms with E-state index in [0.717, 1.165) is 3.57 Å². The lowest BCUT2D eigenvalue weighted by molar-refractivity contribution is -0.145. The lowest BCUT2D eigenvalue weighted by Crippen LogP contribution is -2.27. The zero-order valence-electron chi connectivity index (χ0n) is 9.22. The summed E-state index contributed by atoms with van der Waals surface area (Å²) in [5.41, 5.74) is 0. The molecular formula is C11H11IN2O3. The Bertz CT molecular complexity index is 464. The first kappa shape index (κ1) is 12.3. The summed E-state index contributed by atoms with van der Waals surface area (Å²) in [6.07, 6.45) is 1.83. The average Bonchev–Trinajstić information content (AvgIpc) is 2.71. The van der Waals surface area contributed by atoms with Gasteiger partial charge in [0, 0.05) is 19.2 Å². The number of carbonyl (C=O) groups excluding carboxylic acids is 2. The number of anilines is 1. The predicted octanol–water partition coefficient (Wildman–Crippen LogP) is 1.21. The number of halogens is 1. The predicted molar refractivity (Wildman–Crippen MR) is 69.4 cm³/mol. The van der Waals surface area contributed by atoms with Gasteiger partial charge >= 0.3 is 5.97 Å². The van der Waals surface area contributed by atoms with Crippen molar-refractivity contribution in [2.75, 3.05) is 18.6 Å². The Kier molecular flexibility index (Phi) is 3.60. The number of amides is 1. The monoisotopic (exact) mass is 346 g/mol. The molecule has 1 unspecified atom stereocenters. The molecule has 1 aromatic heterocycles. The number of esters is 1. The van der Waals surface area contributed by atoms with E-state index in [-0.39, 0.29) is 24.2 Å². The third kappa shape index (κ3) is 2.41. The molecule has 2 heterocycles. The molecule has 1 amide bonds. The van der Waals surface area contributed by atoms with Gasteiger partial charge in [0.25, 0.3) is 0 Å². The van der Waals surface area contributed by atoms with Crippen LogP contribution in [-0.2, 0) is 14.3 Å². The summed E-state index contributed by atoms with van der Waals surface area (Å²) in [4.78, 5) is 29.0. The lowest BCUT2D eigenvalue weighted by atomic mass is 10.1. The van der Waals surface area contributed by atoms with Gasteiger partial charge in [-0.05, 0) is 34.7 Å². The molecule has 90 valence electrons. The molecule has 1 aliphatic rings. The van der Waals surface area contributed by atoms with Gasteiger partial charge in [-0.1, -0.05) is 0 Å². The summed E-state index contributed by atoms with van der Waals surface area (Å²) in [6.45, 7) is 0.346. The number of nitrogens with zero attached hydrogens (tertiary/aromatic N) is 2. The van der Waals surface area contributed by atoms with E-state index in [0.29, 0.717) is 12.4 Å². The van der Waals surface area contributed by atoms with E-state index in [4.69, 9.17) is 0 Å². The van der Waals surface area contributed by atoms with Crippen LogP contribution in [0.4, 0.5) is 5.82 Å². The van der Waals surface area contributed by atoms with Crippen molar-refractivity contribution in [3.63, 3.8) is 0 Å². The Morgan fingerprint density at radius 2 is 2.41 bits per heavy atom. The van der Waals surface area contributed by atoms with Crippen molar-refractivity contribution in [1.82, 2.24) is 4.98 Å². The Hall–Kier alpha value is -1.18. The summed E-state index contributed by atoms with van der Waals surface area (Å²) in [7, 11) is 1.33. The molecule has 1 aliphatic heterocycles. The minimum absolute atomic E-state index is 0.0861. The zero-order chi connectivity index (χ0) is 12.4. The fourth-order valence-corrected chi connectivity index (χ4v) is 2.45. The average molecular weight is 346 g/mol. The highest BCUT2D eigenvalue weighted by molar-refractivity contribution is 14.1. The molecule has 1 fully saturated rings. The van der Waals surface area contributed by atoms with Crippen LogP contribution in [-0.4, -0.2) is 30.5 Å². The third-order valence-electron chi connectivity index (χ3n) is 2.65. The van der Waals surface area contributed by atoms with Crippen molar-refractivity contribution < 1.29 is 14.3 Å². The van der Waals surface area contributed by atoms with E-state index in [1.54, 1.807) is 11.1 Å². The Morgan fingerprint density at radius 1 is 1.65 bits per heavy atom. The van der Waals surface area contributed by atoms with Crippen LogP contribution in [0.5, 0.6) is 0 Å². The quantitative estimate of drug-likeness (QED) is 0.597. The van der Waals surface area contributed by atoms with E-state index in [1.807, 2.05) is 12.1 Å². The van der Waals surface area contributed by atoms with Gasteiger partial charge in [0.05, 0.1) is 16.6 Å². The van der Waals surface area contributed by atoms with Gasteiger partial charge in [0.1, 0.15) is 5.82 Å². The first-order valence-corrected chi connectivity index (χ1v) is 6.20. The summed E-state index contributed by atoms with van der Waals surface area (Å²) < 4.78 is 5.55. The number of ether oxygens (including phenoxy) is 1. The first-order valence-electron chi connectivity index (χ1n) is 5.12. The summed E-state index contributed by atoms with van der Waals surface area (Å²) in [5.74, 6) is -0.196. The summed E-state index contributed by atoms with van der Waals surface area (Å²) >= 11 is 2.12. The Balaban J connectivity index is 2.22. The highest BCUT2D eigenvalue weighted by Crippen LogP contribution is 2.27. The molecule has 0 spiro atoms. The van der Waals surface area contributed by atoms with E-state index in [2.05, 4.69) is 32.3 Å². The van der Waals surface area contributed by atoms with Crippen LogP contribution in [0, 0.1) is 9.49 Å². The minimum Gasteiger partial charge on any atom is -0.469 e. The topological polar surface area (TPSA) is 59.5 Å². The molecule has 6 heteroatoms. The second kappa shape index (κ2) is 4.99. The van der Waals surface area contributed by atoms with Gasteiger partial charge in [-0.3, -0.25) is 14.5 Å². The number of pyridine rings is 1. The van der Waals surface area contributed by atoms with Crippen LogP contribution in [0.25, 0.3) is 0 Å². The number of rotatable bonds is 2. The minimum atomic E-state index is -0.384. The van der Waals surface area contributed by atoms with Crippen molar-refractivity contribution >= 4 is 40.3 Å². The van der Waals surface area contributed by atoms with Crippen molar-refractivity contribution in [3.8, 4) is 0 Å².